The SMILES string of the molecule is CC1CCCc2nc(-c3ccc(CCN)cc3)cn21. The zero-order chi connectivity index (χ0) is 13.2. The molecule has 1 unspecified atom stereocenters. The summed E-state index contributed by atoms with van der Waals surface area (Å²) in [5, 5.41) is 0. The number of aromatic nitrogens is 2. The summed E-state index contributed by atoms with van der Waals surface area (Å²) in [6.45, 7) is 2.98. The second kappa shape index (κ2) is 5.17. The van der Waals surface area contributed by atoms with Crippen molar-refractivity contribution in [1.82, 2.24) is 9.55 Å². The Labute approximate surface area is 114 Å². The molecule has 2 N–H and O–H groups in total. The number of aryl methyl sites for hydroxylation is 1. The van der Waals surface area contributed by atoms with Crippen LogP contribution in [0.1, 0.15) is 37.2 Å². The Balaban J connectivity index is 1.89. The highest BCUT2D eigenvalue weighted by Crippen LogP contribution is 2.28. The molecule has 3 nitrogen and oxygen atoms in total. The Kier molecular flexibility index (Phi) is 3.38. The summed E-state index contributed by atoms with van der Waals surface area (Å²) in [5.74, 6) is 1.24. The third-order valence-electron chi connectivity index (χ3n) is 3.99. The maximum Gasteiger partial charge on any atom is 0.109 e. The van der Waals surface area contributed by atoms with Crippen molar-refractivity contribution >= 4 is 0 Å². The molecule has 100 valence electrons. The molecule has 0 radical (unpaired) electrons. The fourth-order valence-corrected chi connectivity index (χ4v) is 2.84. The van der Waals surface area contributed by atoms with Crippen LogP contribution in [0.15, 0.2) is 30.5 Å². The molecule has 0 amide bonds. The number of hydrogen-bond donors (Lipinski definition) is 1. The number of nitrogens with two attached hydrogens (primary N) is 1. The zero-order valence-electron chi connectivity index (χ0n) is 11.5. The van der Waals surface area contributed by atoms with Crippen LogP contribution in [0.5, 0.6) is 0 Å². The summed E-state index contributed by atoms with van der Waals surface area (Å²) in [6, 6.07) is 9.21. The summed E-state index contributed by atoms with van der Waals surface area (Å²) in [5.41, 5.74) is 9.17. The van der Waals surface area contributed by atoms with Gasteiger partial charge < -0.3 is 10.3 Å². The number of hydrogen-bond acceptors (Lipinski definition) is 2. The second-order valence-corrected chi connectivity index (χ2v) is 5.43. The van der Waals surface area contributed by atoms with Crippen molar-refractivity contribution in [3.05, 3.63) is 41.9 Å². The molecule has 0 saturated heterocycles. The topological polar surface area (TPSA) is 43.8 Å². The standard InChI is InChI=1S/C16H21N3/c1-12-3-2-4-16-18-15(11-19(12)16)14-7-5-13(6-8-14)9-10-17/h5-8,11-12H,2-4,9-10,17H2,1H3. The lowest BCUT2D eigenvalue weighted by Gasteiger charge is -2.20. The van der Waals surface area contributed by atoms with Gasteiger partial charge in [-0.15, -0.1) is 0 Å². The van der Waals surface area contributed by atoms with Gasteiger partial charge in [-0.3, -0.25) is 0 Å². The van der Waals surface area contributed by atoms with E-state index < -0.39 is 0 Å². The highest BCUT2D eigenvalue weighted by molar-refractivity contribution is 5.59. The number of nitrogens with zero attached hydrogens (tertiary/aromatic N) is 2. The minimum Gasteiger partial charge on any atom is -0.331 e. The van der Waals surface area contributed by atoms with Crippen molar-refractivity contribution in [1.29, 1.82) is 0 Å². The molecule has 0 fully saturated rings. The van der Waals surface area contributed by atoms with E-state index in [-0.39, 0.29) is 0 Å². The highest BCUT2D eigenvalue weighted by atomic mass is 15.1. The minimum absolute atomic E-state index is 0.585. The first-order chi connectivity index (χ1) is 9.28. The van der Waals surface area contributed by atoms with E-state index in [1.165, 1.54) is 29.8 Å². The van der Waals surface area contributed by atoms with Gasteiger partial charge in [0.15, 0.2) is 0 Å². The molecule has 0 saturated carbocycles. The maximum absolute atomic E-state index is 5.58. The van der Waals surface area contributed by atoms with Crippen LogP contribution in [0.4, 0.5) is 0 Å². The normalized spacial score (nSPS) is 18.3. The predicted octanol–water partition coefficient (Wildman–Crippen LogP) is 2.95. The van der Waals surface area contributed by atoms with Gasteiger partial charge in [0.1, 0.15) is 5.82 Å². The maximum atomic E-state index is 5.58. The van der Waals surface area contributed by atoms with Crippen LogP contribution in [-0.2, 0) is 12.8 Å². The molecule has 3 heteroatoms. The summed E-state index contributed by atoms with van der Waals surface area (Å²) < 4.78 is 2.34. The van der Waals surface area contributed by atoms with Gasteiger partial charge in [-0.25, -0.2) is 4.98 Å². The number of benzene rings is 1. The van der Waals surface area contributed by atoms with Crippen LogP contribution >= 0.6 is 0 Å². The second-order valence-electron chi connectivity index (χ2n) is 5.43. The van der Waals surface area contributed by atoms with E-state index in [1.807, 2.05) is 0 Å². The Morgan fingerprint density at radius 1 is 1.32 bits per heavy atom. The molecule has 1 aromatic heterocycles. The van der Waals surface area contributed by atoms with E-state index in [4.69, 9.17) is 10.7 Å². The molecule has 19 heavy (non-hydrogen) atoms. The smallest absolute Gasteiger partial charge is 0.109 e. The molecule has 2 aromatic rings. The van der Waals surface area contributed by atoms with Crippen LogP contribution in [0.25, 0.3) is 11.3 Å². The fraction of sp³-hybridized carbons (Fsp3) is 0.438. The quantitative estimate of drug-likeness (QED) is 0.916. The van der Waals surface area contributed by atoms with Crippen LogP contribution < -0.4 is 5.73 Å². The Morgan fingerprint density at radius 3 is 2.79 bits per heavy atom. The van der Waals surface area contributed by atoms with Gasteiger partial charge >= 0.3 is 0 Å². The van der Waals surface area contributed by atoms with Crippen LogP contribution in [0, 0.1) is 0 Å². The molecule has 3 rings (SSSR count). The molecule has 0 bridgehead atoms. The van der Waals surface area contributed by atoms with E-state index in [1.54, 1.807) is 0 Å². The van der Waals surface area contributed by atoms with Gasteiger partial charge in [-0.1, -0.05) is 24.3 Å². The van der Waals surface area contributed by atoms with E-state index in [0.29, 0.717) is 12.6 Å². The number of imidazole rings is 1. The van der Waals surface area contributed by atoms with E-state index in [0.717, 1.165) is 18.5 Å². The Hall–Kier alpha value is -1.61. The van der Waals surface area contributed by atoms with E-state index in [9.17, 15) is 0 Å². The van der Waals surface area contributed by atoms with Crippen molar-refractivity contribution < 1.29 is 0 Å². The number of rotatable bonds is 3. The van der Waals surface area contributed by atoms with Crippen molar-refractivity contribution in [2.24, 2.45) is 5.73 Å². The van der Waals surface area contributed by atoms with E-state index >= 15 is 0 Å². The van der Waals surface area contributed by atoms with Crippen molar-refractivity contribution in [2.75, 3.05) is 6.54 Å². The predicted molar refractivity (Wildman–Crippen MR) is 78.1 cm³/mol. The summed E-state index contributed by atoms with van der Waals surface area (Å²) >= 11 is 0. The molecule has 1 aromatic carbocycles. The Morgan fingerprint density at radius 2 is 2.11 bits per heavy atom. The van der Waals surface area contributed by atoms with Gasteiger partial charge in [-0.05, 0) is 38.3 Å². The first kappa shape index (κ1) is 12.4. The Bertz CT molecular complexity index is 554. The first-order valence-electron chi connectivity index (χ1n) is 7.15. The molecular weight excluding hydrogens is 234 g/mol. The van der Waals surface area contributed by atoms with E-state index in [2.05, 4.69) is 42.0 Å². The highest BCUT2D eigenvalue weighted by Gasteiger charge is 2.18. The van der Waals surface area contributed by atoms with Crippen LogP contribution in [-0.4, -0.2) is 16.1 Å². The minimum atomic E-state index is 0.585. The lowest BCUT2D eigenvalue weighted by atomic mass is 10.1. The molecule has 0 spiro atoms. The van der Waals surface area contributed by atoms with Crippen LogP contribution in [0.3, 0.4) is 0 Å². The van der Waals surface area contributed by atoms with Gasteiger partial charge in [-0.2, -0.15) is 0 Å². The summed E-state index contributed by atoms with van der Waals surface area (Å²) in [7, 11) is 0. The third-order valence-corrected chi connectivity index (χ3v) is 3.99. The molecule has 0 aliphatic carbocycles. The molecule has 1 aliphatic rings. The monoisotopic (exact) mass is 255 g/mol. The average Bonchev–Trinajstić information content (AvgIpc) is 2.85. The summed E-state index contributed by atoms with van der Waals surface area (Å²) in [4.78, 5) is 4.79. The number of fused-ring (bicyclic) bond motifs is 1. The van der Waals surface area contributed by atoms with Gasteiger partial charge in [0.05, 0.1) is 5.69 Å². The molecule has 1 atom stereocenters. The largest absolute Gasteiger partial charge is 0.331 e. The van der Waals surface area contributed by atoms with Gasteiger partial charge in [0.25, 0.3) is 0 Å². The lowest BCUT2D eigenvalue weighted by molar-refractivity contribution is 0.426. The molecule has 2 heterocycles. The molecular formula is C16H21N3. The fourth-order valence-electron chi connectivity index (χ4n) is 2.84. The van der Waals surface area contributed by atoms with Crippen LogP contribution in [0.2, 0.25) is 0 Å². The molecule has 1 aliphatic heterocycles. The van der Waals surface area contributed by atoms with Gasteiger partial charge in [0.2, 0.25) is 0 Å². The first-order valence-corrected chi connectivity index (χ1v) is 7.15. The van der Waals surface area contributed by atoms with Crippen molar-refractivity contribution in [2.45, 2.75) is 38.6 Å². The zero-order valence-corrected chi connectivity index (χ0v) is 11.5. The van der Waals surface area contributed by atoms with Crippen molar-refractivity contribution in [3.63, 3.8) is 0 Å². The summed E-state index contributed by atoms with van der Waals surface area (Å²) in [6.07, 6.45) is 6.77. The van der Waals surface area contributed by atoms with Gasteiger partial charge in [0, 0.05) is 24.2 Å². The third kappa shape index (κ3) is 2.43. The van der Waals surface area contributed by atoms with Crippen molar-refractivity contribution in [3.8, 4) is 11.3 Å². The average molecular weight is 255 g/mol. The lowest BCUT2D eigenvalue weighted by Crippen LogP contribution is -2.14.